The highest BCUT2D eigenvalue weighted by Crippen LogP contribution is 2.22. The van der Waals surface area contributed by atoms with Crippen LogP contribution in [0.15, 0.2) is 41.4 Å². The average Bonchev–Trinajstić information content (AvgIpc) is 2.60. The van der Waals surface area contributed by atoms with Crippen LogP contribution in [-0.4, -0.2) is 31.8 Å². The molecule has 3 N–H and O–H groups in total. The van der Waals surface area contributed by atoms with Crippen molar-refractivity contribution in [3.05, 3.63) is 58.9 Å². The monoisotopic (exact) mass is 473 g/mol. The van der Waals surface area contributed by atoms with Crippen LogP contribution in [0.3, 0.4) is 0 Å². The lowest BCUT2D eigenvalue weighted by Crippen LogP contribution is -2.37. The van der Waals surface area contributed by atoms with Gasteiger partial charge in [0.05, 0.1) is 7.11 Å². The Bertz CT molecular complexity index is 754. The highest BCUT2D eigenvalue weighted by atomic mass is 127. The van der Waals surface area contributed by atoms with Crippen LogP contribution >= 0.6 is 24.0 Å². The fourth-order valence-electron chi connectivity index (χ4n) is 2.49. The molecule has 0 fully saturated rings. The number of aromatic hydroxyl groups is 1. The summed E-state index contributed by atoms with van der Waals surface area (Å²) in [6.07, 6.45) is 0.761. The van der Waals surface area contributed by atoms with Crippen LogP contribution in [0.5, 0.6) is 11.5 Å². The number of hydrogen-bond acceptors (Lipinski definition) is 3. The van der Waals surface area contributed by atoms with E-state index in [0.717, 1.165) is 23.1 Å². The third-order valence-electron chi connectivity index (χ3n) is 3.95. The summed E-state index contributed by atoms with van der Waals surface area (Å²) in [5.41, 5.74) is 2.75. The van der Waals surface area contributed by atoms with Gasteiger partial charge in [0, 0.05) is 25.7 Å². The van der Waals surface area contributed by atoms with Gasteiger partial charge in [-0.2, -0.15) is 0 Å². The number of phenolic OH excluding ortho intramolecular Hbond substituents is 1. The summed E-state index contributed by atoms with van der Waals surface area (Å²) in [5, 5.41) is 16.3. The largest absolute Gasteiger partial charge is 0.508 e. The Morgan fingerprint density at radius 3 is 2.58 bits per heavy atom. The Kier molecular flexibility index (Phi) is 9.18. The van der Waals surface area contributed by atoms with Crippen LogP contribution in [-0.2, 0) is 13.0 Å². The van der Waals surface area contributed by atoms with Crippen LogP contribution in [0.25, 0.3) is 0 Å². The zero-order chi connectivity index (χ0) is 18.2. The van der Waals surface area contributed by atoms with E-state index in [-0.39, 0.29) is 35.5 Å². The predicted molar refractivity (Wildman–Crippen MR) is 113 cm³/mol. The van der Waals surface area contributed by atoms with Gasteiger partial charge in [-0.3, -0.25) is 4.99 Å². The maximum Gasteiger partial charge on any atom is 0.191 e. The predicted octanol–water partition coefficient (Wildman–Crippen LogP) is 3.37. The number of methoxy groups -OCH3 is 1. The number of benzene rings is 2. The van der Waals surface area contributed by atoms with Gasteiger partial charge in [-0.1, -0.05) is 6.07 Å². The Hall–Kier alpha value is -2.03. The van der Waals surface area contributed by atoms with E-state index in [9.17, 15) is 9.50 Å². The Labute approximate surface area is 170 Å². The number of phenols is 1. The number of aryl methyl sites for hydroxylation is 1. The van der Waals surface area contributed by atoms with Gasteiger partial charge in [-0.15, -0.1) is 24.0 Å². The average molecular weight is 473 g/mol. The third kappa shape index (κ3) is 6.36. The first kappa shape index (κ1) is 22.0. The van der Waals surface area contributed by atoms with Crippen molar-refractivity contribution in [3.8, 4) is 11.5 Å². The molecule has 0 spiro atoms. The topological polar surface area (TPSA) is 65.9 Å². The van der Waals surface area contributed by atoms with Crippen LogP contribution in [0, 0.1) is 12.7 Å². The number of aliphatic imine (C=N–C) groups is 1. The lowest BCUT2D eigenvalue weighted by Gasteiger charge is -2.14. The quantitative estimate of drug-likeness (QED) is 0.342. The molecular formula is C19H25FIN3O2. The Morgan fingerprint density at radius 1 is 1.15 bits per heavy atom. The van der Waals surface area contributed by atoms with E-state index in [2.05, 4.69) is 15.6 Å². The molecule has 2 aromatic carbocycles. The van der Waals surface area contributed by atoms with Gasteiger partial charge in [-0.05, 0) is 54.8 Å². The van der Waals surface area contributed by atoms with E-state index in [4.69, 9.17) is 4.74 Å². The molecular weight excluding hydrogens is 448 g/mol. The first-order valence-electron chi connectivity index (χ1n) is 8.09. The van der Waals surface area contributed by atoms with Crippen molar-refractivity contribution in [2.45, 2.75) is 19.9 Å². The standard InChI is InChI=1S/C19H24FN3O2.HI/c1-13-10-16(20)5-4-14(13)8-9-22-19(21-2)23-12-15-11-17(25-3)6-7-18(15)24;/h4-7,10-11,24H,8-9,12H2,1-3H3,(H2,21,22,23);1H. The summed E-state index contributed by atoms with van der Waals surface area (Å²) in [6.45, 7) is 2.98. The van der Waals surface area contributed by atoms with Gasteiger partial charge >= 0.3 is 0 Å². The summed E-state index contributed by atoms with van der Waals surface area (Å²) in [4.78, 5) is 4.16. The molecule has 5 nitrogen and oxygen atoms in total. The van der Waals surface area contributed by atoms with Crippen LogP contribution < -0.4 is 15.4 Å². The maximum atomic E-state index is 13.1. The molecule has 26 heavy (non-hydrogen) atoms. The van der Waals surface area contributed by atoms with E-state index < -0.39 is 0 Å². The zero-order valence-electron chi connectivity index (χ0n) is 15.2. The minimum Gasteiger partial charge on any atom is -0.508 e. The molecule has 142 valence electrons. The molecule has 0 aliphatic heterocycles. The Morgan fingerprint density at radius 2 is 1.92 bits per heavy atom. The molecule has 0 aliphatic rings. The molecule has 0 radical (unpaired) electrons. The van der Waals surface area contributed by atoms with Gasteiger partial charge in [0.25, 0.3) is 0 Å². The van der Waals surface area contributed by atoms with E-state index >= 15 is 0 Å². The minimum absolute atomic E-state index is 0. The van der Waals surface area contributed by atoms with Crippen molar-refractivity contribution >= 4 is 29.9 Å². The van der Waals surface area contributed by atoms with Crippen molar-refractivity contribution in [3.63, 3.8) is 0 Å². The number of ether oxygens (including phenoxy) is 1. The lowest BCUT2D eigenvalue weighted by atomic mass is 10.1. The molecule has 0 saturated heterocycles. The molecule has 0 saturated carbocycles. The Balaban J connectivity index is 0.00000338. The highest BCUT2D eigenvalue weighted by molar-refractivity contribution is 14.0. The second-order valence-electron chi connectivity index (χ2n) is 5.67. The van der Waals surface area contributed by atoms with Gasteiger partial charge in [0.1, 0.15) is 17.3 Å². The van der Waals surface area contributed by atoms with Gasteiger partial charge in [-0.25, -0.2) is 4.39 Å². The first-order chi connectivity index (χ1) is 12.0. The first-order valence-corrected chi connectivity index (χ1v) is 8.09. The number of guanidine groups is 1. The van der Waals surface area contributed by atoms with Crippen molar-refractivity contribution in [2.24, 2.45) is 4.99 Å². The maximum absolute atomic E-state index is 13.1. The highest BCUT2D eigenvalue weighted by Gasteiger charge is 2.05. The van der Waals surface area contributed by atoms with Crippen molar-refractivity contribution < 1.29 is 14.2 Å². The second kappa shape index (κ2) is 10.8. The summed E-state index contributed by atoms with van der Waals surface area (Å²) in [5.74, 6) is 1.29. The minimum atomic E-state index is -0.218. The molecule has 0 aromatic heterocycles. The SMILES string of the molecule is CN=C(NCCc1ccc(F)cc1C)NCc1cc(OC)ccc1O.I. The number of nitrogens with one attached hydrogen (secondary N) is 2. The van der Waals surface area contributed by atoms with Crippen molar-refractivity contribution in [2.75, 3.05) is 20.7 Å². The number of rotatable bonds is 6. The van der Waals surface area contributed by atoms with Crippen molar-refractivity contribution in [1.82, 2.24) is 10.6 Å². The van der Waals surface area contributed by atoms with Crippen LogP contribution in [0.2, 0.25) is 0 Å². The summed E-state index contributed by atoms with van der Waals surface area (Å²) < 4.78 is 18.3. The summed E-state index contributed by atoms with van der Waals surface area (Å²) in [7, 11) is 3.27. The summed E-state index contributed by atoms with van der Waals surface area (Å²) >= 11 is 0. The van der Waals surface area contributed by atoms with Crippen molar-refractivity contribution in [1.29, 1.82) is 0 Å². The second-order valence-corrected chi connectivity index (χ2v) is 5.67. The molecule has 0 amide bonds. The van der Waals surface area contributed by atoms with E-state index in [0.29, 0.717) is 24.8 Å². The van der Waals surface area contributed by atoms with E-state index in [1.54, 1.807) is 38.4 Å². The molecule has 2 rings (SSSR count). The summed E-state index contributed by atoms with van der Waals surface area (Å²) in [6, 6.07) is 9.89. The molecule has 2 aromatic rings. The van der Waals surface area contributed by atoms with Gasteiger partial charge in [0.2, 0.25) is 0 Å². The third-order valence-corrected chi connectivity index (χ3v) is 3.95. The zero-order valence-corrected chi connectivity index (χ0v) is 17.5. The molecule has 0 atom stereocenters. The van der Waals surface area contributed by atoms with Crippen LogP contribution in [0.1, 0.15) is 16.7 Å². The normalized spacial score (nSPS) is 10.8. The molecule has 0 heterocycles. The van der Waals surface area contributed by atoms with Crippen LogP contribution in [0.4, 0.5) is 4.39 Å². The molecule has 0 aliphatic carbocycles. The van der Waals surface area contributed by atoms with E-state index in [1.807, 2.05) is 6.92 Å². The van der Waals surface area contributed by atoms with E-state index in [1.165, 1.54) is 12.1 Å². The number of nitrogens with zero attached hydrogens (tertiary/aromatic N) is 1. The number of halogens is 2. The fourth-order valence-corrected chi connectivity index (χ4v) is 2.49. The lowest BCUT2D eigenvalue weighted by molar-refractivity contribution is 0.410. The molecule has 0 bridgehead atoms. The molecule has 7 heteroatoms. The fraction of sp³-hybridized carbons (Fsp3) is 0.316. The molecule has 0 unspecified atom stereocenters. The van der Waals surface area contributed by atoms with Gasteiger partial charge in [0.15, 0.2) is 5.96 Å². The number of hydrogen-bond donors (Lipinski definition) is 3. The van der Waals surface area contributed by atoms with Gasteiger partial charge < -0.3 is 20.5 Å². The smallest absolute Gasteiger partial charge is 0.191 e.